The summed E-state index contributed by atoms with van der Waals surface area (Å²) in [5.74, 6) is 0.527. The minimum absolute atomic E-state index is 0.0693. The highest BCUT2D eigenvalue weighted by molar-refractivity contribution is 9.09. The van der Waals surface area contributed by atoms with Crippen molar-refractivity contribution in [3.8, 4) is 0 Å². The number of alkyl halides is 1. The van der Waals surface area contributed by atoms with Gasteiger partial charge < -0.3 is 14.8 Å². The lowest BCUT2D eigenvalue weighted by Crippen LogP contribution is -2.45. The van der Waals surface area contributed by atoms with E-state index in [1.807, 2.05) is 0 Å². The second-order valence-electron chi connectivity index (χ2n) is 4.27. The zero-order valence-electron chi connectivity index (χ0n) is 10.6. The summed E-state index contributed by atoms with van der Waals surface area (Å²) in [6.45, 7) is 6.43. The van der Waals surface area contributed by atoms with Crippen LogP contribution in [0.2, 0.25) is 0 Å². The third kappa shape index (κ3) is 4.94. The van der Waals surface area contributed by atoms with Crippen molar-refractivity contribution in [1.29, 1.82) is 0 Å². The number of halogens is 1. The molecule has 0 aromatic rings. The topological polar surface area (TPSA) is 47.6 Å². The molecule has 17 heavy (non-hydrogen) atoms. The normalized spacial score (nSPS) is 22.5. The monoisotopic (exact) mass is 307 g/mol. The van der Waals surface area contributed by atoms with Gasteiger partial charge in [0.25, 0.3) is 5.91 Å². The van der Waals surface area contributed by atoms with Crippen LogP contribution in [0.4, 0.5) is 0 Å². The number of amides is 1. The van der Waals surface area contributed by atoms with Crippen LogP contribution in [0, 0.1) is 5.92 Å². The number of hydrogen-bond acceptors (Lipinski definition) is 3. The van der Waals surface area contributed by atoms with Crippen LogP contribution in [0.3, 0.4) is 0 Å². The molecule has 5 heteroatoms. The molecule has 0 saturated carbocycles. The SMILES string of the molecule is CCC(CC)C(Br)CNC(=O)C1COCCO1. The van der Waals surface area contributed by atoms with Gasteiger partial charge in [0.2, 0.25) is 0 Å². The minimum Gasteiger partial charge on any atom is -0.376 e. The number of carbonyl (C=O) groups is 1. The molecule has 0 aliphatic carbocycles. The summed E-state index contributed by atoms with van der Waals surface area (Å²) >= 11 is 3.63. The van der Waals surface area contributed by atoms with Gasteiger partial charge in [0.05, 0.1) is 19.8 Å². The highest BCUT2D eigenvalue weighted by Gasteiger charge is 2.23. The van der Waals surface area contributed by atoms with Crippen LogP contribution in [0.5, 0.6) is 0 Å². The lowest BCUT2D eigenvalue weighted by Gasteiger charge is -2.24. The first-order valence-corrected chi connectivity index (χ1v) is 7.21. The number of ether oxygens (including phenoxy) is 2. The molecule has 100 valence electrons. The molecule has 1 aliphatic rings. The maximum Gasteiger partial charge on any atom is 0.251 e. The number of rotatable bonds is 6. The predicted molar refractivity (Wildman–Crippen MR) is 70.4 cm³/mol. The largest absolute Gasteiger partial charge is 0.376 e. The first-order chi connectivity index (χ1) is 8.19. The van der Waals surface area contributed by atoms with E-state index in [0.717, 1.165) is 12.8 Å². The summed E-state index contributed by atoms with van der Waals surface area (Å²) in [4.78, 5) is 12.1. The van der Waals surface area contributed by atoms with Gasteiger partial charge in [-0.3, -0.25) is 4.79 Å². The highest BCUT2D eigenvalue weighted by Crippen LogP contribution is 2.19. The first-order valence-electron chi connectivity index (χ1n) is 6.30. The first kappa shape index (κ1) is 14.9. The molecule has 1 fully saturated rings. The van der Waals surface area contributed by atoms with Crippen molar-refractivity contribution in [2.75, 3.05) is 26.4 Å². The van der Waals surface area contributed by atoms with Crippen LogP contribution in [-0.2, 0) is 14.3 Å². The zero-order chi connectivity index (χ0) is 12.7. The fraction of sp³-hybridized carbons (Fsp3) is 0.917. The Morgan fingerprint density at radius 1 is 1.41 bits per heavy atom. The molecular formula is C12H22BrNO3. The van der Waals surface area contributed by atoms with Gasteiger partial charge in [-0.25, -0.2) is 0 Å². The van der Waals surface area contributed by atoms with E-state index in [0.29, 0.717) is 37.1 Å². The molecule has 1 aliphatic heterocycles. The number of hydrogen-bond donors (Lipinski definition) is 1. The van der Waals surface area contributed by atoms with Crippen LogP contribution < -0.4 is 5.32 Å². The summed E-state index contributed by atoms with van der Waals surface area (Å²) in [6.07, 6.45) is 1.79. The van der Waals surface area contributed by atoms with Gasteiger partial charge in [-0.1, -0.05) is 42.6 Å². The smallest absolute Gasteiger partial charge is 0.251 e. The quantitative estimate of drug-likeness (QED) is 0.760. The second-order valence-corrected chi connectivity index (χ2v) is 5.45. The Hall–Kier alpha value is -0.130. The van der Waals surface area contributed by atoms with E-state index in [9.17, 15) is 4.79 Å². The van der Waals surface area contributed by atoms with Gasteiger partial charge >= 0.3 is 0 Å². The molecule has 4 nitrogen and oxygen atoms in total. The fourth-order valence-electron chi connectivity index (χ4n) is 1.92. The molecule has 1 N–H and O–H groups in total. The number of carbonyl (C=O) groups excluding carboxylic acids is 1. The zero-order valence-corrected chi connectivity index (χ0v) is 12.2. The van der Waals surface area contributed by atoms with Crippen LogP contribution >= 0.6 is 15.9 Å². The van der Waals surface area contributed by atoms with Gasteiger partial charge in [0, 0.05) is 11.4 Å². The summed E-state index contributed by atoms with van der Waals surface area (Å²) in [7, 11) is 0. The molecule has 1 heterocycles. The van der Waals surface area contributed by atoms with Crippen LogP contribution in [0.15, 0.2) is 0 Å². The van der Waals surface area contributed by atoms with Crippen molar-refractivity contribution < 1.29 is 14.3 Å². The van der Waals surface area contributed by atoms with Crippen molar-refractivity contribution in [3.05, 3.63) is 0 Å². The molecule has 2 atom stereocenters. The standard InChI is InChI=1S/C12H22BrNO3/c1-3-9(4-2)10(13)7-14-12(15)11-8-16-5-6-17-11/h9-11H,3-8H2,1-2H3,(H,14,15). The highest BCUT2D eigenvalue weighted by atomic mass is 79.9. The Kier molecular flexibility index (Phi) is 7.08. The van der Waals surface area contributed by atoms with Crippen LogP contribution in [0.25, 0.3) is 0 Å². The molecule has 0 aromatic carbocycles. The predicted octanol–water partition coefficient (Wildman–Crippen LogP) is 1.72. The van der Waals surface area contributed by atoms with E-state index in [-0.39, 0.29) is 5.91 Å². The maximum atomic E-state index is 11.8. The van der Waals surface area contributed by atoms with E-state index < -0.39 is 6.10 Å². The average Bonchev–Trinajstić information content (AvgIpc) is 2.38. The lowest BCUT2D eigenvalue weighted by molar-refractivity contribution is -0.147. The van der Waals surface area contributed by atoms with Crippen molar-refractivity contribution in [2.24, 2.45) is 5.92 Å². The Morgan fingerprint density at radius 2 is 2.12 bits per heavy atom. The van der Waals surface area contributed by atoms with Gasteiger partial charge in [0.15, 0.2) is 6.10 Å². The van der Waals surface area contributed by atoms with E-state index in [2.05, 4.69) is 35.1 Å². The summed E-state index contributed by atoms with van der Waals surface area (Å²) in [5, 5.41) is 2.91. The van der Waals surface area contributed by atoms with E-state index in [1.165, 1.54) is 0 Å². The maximum absolute atomic E-state index is 11.8. The Balaban J connectivity index is 2.26. The molecule has 0 bridgehead atoms. The Bertz CT molecular complexity index is 228. The molecule has 1 amide bonds. The summed E-state index contributed by atoms with van der Waals surface area (Å²) < 4.78 is 10.5. The third-order valence-corrected chi connectivity index (χ3v) is 4.21. The molecule has 2 unspecified atom stereocenters. The average molecular weight is 308 g/mol. The number of nitrogens with one attached hydrogen (secondary N) is 1. The lowest BCUT2D eigenvalue weighted by atomic mass is 9.99. The van der Waals surface area contributed by atoms with Crippen molar-refractivity contribution in [3.63, 3.8) is 0 Å². The van der Waals surface area contributed by atoms with Gasteiger partial charge in [-0.15, -0.1) is 0 Å². The van der Waals surface area contributed by atoms with Gasteiger partial charge in [-0.05, 0) is 5.92 Å². The second kappa shape index (κ2) is 8.06. The van der Waals surface area contributed by atoms with Crippen molar-refractivity contribution in [1.82, 2.24) is 5.32 Å². The van der Waals surface area contributed by atoms with Crippen molar-refractivity contribution >= 4 is 21.8 Å². The Morgan fingerprint density at radius 3 is 2.65 bits per heavy atom. The van der Waals surface area contributed by atoms with E-state index in [1.54, 1.807) is 0 Å². The third-order valence-electron chi connectivity index (χ3n) is 3.14. The molecule has 0 radical (unpaired) electrons. The van der Waals surface area contributed by atoms with E-state index in [4.69, 9.17) is 9.47 Å². The molecule has 1 rings (SSSR count). The van der Waals surface area contributed by atoms with Gasteiger partial charge in [-0.2, -0.15) is 0 Å². The van der Waals surface area contributed by atoms with Crippen LogP contribution in [0.1, 0.15) is 26.7 Å². The van der Waals surface area contributed by atoms with Crippen molar-refractivity contribution in [2.45, 2.75) is 37.6 Å². The fourth-order valence-corrected chi connectivity index (χ4v) is 2.83. The summed E-state index contributed by atoms with van der Waals surface area (Å²) in [6, 6.07) is 0. The van der Waals surface area contributed by atoms with Crippen LogP contribution in [-0.4, -0.2) is 43.2 Å². The molecule has 0 spiro atoms. The Labute approximate surface area is 112 Å². The van der Waals surface area contributed by atoms with E-state index >= 15 is 0 Å². The minimum atomic E-state index is -0.440. The van der Waals surface area contributed by atoms with Gasteiger partial charge in [0.1, 0.15) is 0 Å². The molecule has 0 aromatic heterocycles. The molecular weight excluding hydrogens is 286 g/mol. The summed E-state index contributed by atoms with van der Waals surface area (Å²) in [5.41, 5.74) is 0. The molecule has 1 saturated heterocycles.